The molecule has 0 aliphatic carbocycles. The zero-order valence-corrected chi connectivity index (χ0v) is 11.6. The summed E-state index contributed by atoms with van der Waals surface area (Å²) in [6.45, 7) is 10.5. The first-order valence-corrected chi connectivity index (χ1v) is 6.44. The van der Waals surface area contributed by atoms with Gasteiger partial charge in [-0.1, -0.05) is 18.2 Å². The summed E-state index contributed by atoms with van der Waals surface area (Å²) in [5.41, 5.74) is 10.0. The molecular formula is C15H26N2. The molecule has 2 nitrogen and oxygen atoms in total. The normalized spacial score (nSPS) is 11.8. The smallest absolute Gasteiger partial charge is 0.0109 e. The molecule has 0 fully saturated rings. The number of aryl methyl sites for hydroxylation is 2. The van der Waals surface area contributed by atoms with Crippen LogP contribution >= 0.6 is 0 Å². The molecular weight excluding hydrogens is 208 g/mol. The van der Waals surface area contributed by atoms with Crippen LogP contribution in [0.2, 0.25) is 0 Å². The third-order valence-electron chi connectivity index (χ3n) is 3.11. The third-order valence-corrected chi connectivity index (χ3v) is 3.11. The minimum Gasteiger partial charge on any atom is -0.326 e. The molecule has 0 aliphatic heterocycles. The molecule has 1 aromatic carbocycles. The summed E-state index contributed by atoms with van der Waals surface area (Å²) >= 11 is 0. The molecule has 1 aromatic rings. The van der Waals surface area contributed by atoms with Crippen molar-refractivity contribution in [3.8, 4) is 0 Å². The number of nitrogens with one attached hydrogen (secondary N) is 1. The third kappa shape index (κ3) is 5.85. The van der Waals surface area contributed by atoms with Crippen LogP contribution in [-0.2, 0) is 6.42 Å². The Morgan fingerprint density at radius 1 is 1.12 bits per heavy atom. The molecule has 0 aliphatic rings. The van der Waals surface area contributed by atoms with E-state index in [-0.39, 0.29) is 5.54 Å². The number of benzene rings is 1. The predicted octanol–water partition coefficient (Wildman–Crippen LogP) is 2.56. The fraction of sp³-hybridized carbons (Fsp3) is 0.600. The van der Waals surface area contributed by atoms with Crippen molar-refractivity contribution in [3.63, 3.8) is 0 Å². The van der Waals surface area contributed by atoms with Crippen LogP contribution in [0.25, 0.3) is 0 Å². The molecule has 0 saturated carbocycles. The topological polar surface area (TPSA) is 38.0 Å². The van der Waals surface area contributed by atoms with Crippen LogP contribution in [0.3, 0.4) is 0 Å². The quantitative estimate of drug-likeness (QED) is 0.742. The summed E-state index contributed by atoms with van der Waals surface area (Å²) in [6, 6.07) is 6.70. The van der Waals surface area contributed by atoms with Gasteiger partial charge in [0.1, 0.15) is 0 Å². The Morgan fingerprint density at radius 2 is 1.82 bits per heavy atom. The maximum absolute atomic E-state index is 5.93. The van der Waals surface area contributed by atoms with Gasteiger partial charge >= 0.3 is 0 Å². The van der Waals surface area contributed by atoms with Crippen molar-refractivity contribution in [1.29, 1.82) is 0 Å². The molecule has 0 saturated heterocycles. The second-order valence-corrected chi connectivity index (χ2v) is 5.66. The minimum atomic E-state index is -0.0621. The van der Waals surface area contributed by atoms with Gasteiger partial charge in [0, 0.05) is 5.54 Å². The summed E-state index contributed by atoms with van der Waals surface area (Å²) in [5.74, 6) is 0. The molecule has 0 bridgehead atoms. The molecule has 0 aromatic heterocycles. The van der Waals surface area contributed by atoms with Gasteiger partial charge in [0.25, 0.3) is 0 Å². The Kier molecular flexibility index (Phi) is 5.16. The van der Waals surface area contributed by atoms with E-state index in [2.05, 4.69) is 51.2 Å². The van der Waals surface area contributed by atoms with Gasteiger partial charge in [0.15, 0.2) is 0 Å². The van der Waals surface area contributed by atoms with Gasteiger partial charge in [-0.15, -0.1) is 0 Å². The lowest BCUT2D eigenvalue weighted by molar-refractivity contribution is 0.456. The Labute approximate surface area is 106 Å². The van der Waals surface area contributed by atoms with Gasteiger partial charge in [-0.25, -0.2) is 0 Å². The van der Waals surface area contributed by atoms with E-state index in [4.69, 9.17) is 5.73 Å². The molecule has 3 N–H and O–H groups in total. The van der Waals surface area contributed by atoms with Crippen LogP contribution in [0.15, 0.2) is 18.2 Å². The molecule has 0 spiro atoms. The lowest BCUT2D eigenvalue weighted by Crippen LogP contribution is -2.36. The SMILES string of the molecule is Cc1ccc(CCNCCC(C)(C)N)cc1C. The number of hydrogen-bond acceptors (Lipinski definition) is 2. The first kappa shape index (κ1) is 14.2. The first-order valence-electron chi connectivity index (χ1n) is 6.44. The number of rotatable bonds is 6. The Balaban J connectivity index is 2.25. The molecule has 0 heterocycles. The number of nitrogens with two attached hydrogens (primary N) is 1. The van der Waals surface area contributed by atoms with Crippen molar-refractivity contribution in [1.82, 2.24) is 5.32 Å². The van der Waals surface area contributed by atoms with Crippen LogP contribution in [-0.4, -0.2) is 18.6 Å². The van der Waals surface area contributed by atoms with Crippen molar-refractivity contribution in [2.45, 2.75) is 46.1 Å². The molecule has 17 heavy (non-hydrogen) atoms. The van der Waals surface area contributed by atoms with E-state index in [1.807, 2.05) is 0 Å². The fourth-order valence-electron chi connectivity index (χ4n) is 1.73. The van der Waals surface area contributed by atoms with Gasteiger partial charge in [-0.05, 0) is 70.3 Å². The highest BCUT2D eigenvalue weighted by molar-refractivity contribution is 5.29. The van der Waals surface area contributed by atoms with Crippen molar-refractivity contribution < 1.29 is 0 Å². The zero-order valence-electron chi connectivity index (χ0n) is 11.6. The summed E-state index contributed by atoms with van der Waals surface area (Å²) < 4.78 is 0. The second-order valence-electron chi connectivity index (χ2n) is 5.66. The maximum atomic E-state index is 5.93. The minimum absolute atomic E-state index is 0.0621. The summed E-state index contributed by atoms with van der Waals surface area (Å²) in [4.78, 5) is 0. The highest BCUT2D eigenvalue weighted by atomic mass is 14.9. The van der Waals surface area contributed by atoms with Crippen LogP contribution in [0.1, 0.15) is 37.0 Å². The highest BCUT2D eigenvalue weighted by Crippen LogP contribution is 2.10. The van der Waals surface area contributed by atoms with Crippen LogP contribution < -0.4 is 11.1 Å². The highest BCUT2D eigenvalue weighted by Gasteiger charge is 2.08. The maximum Gasteiger partial charge on any atom is 0.0109 e. The van der Waals surface area contributed by atoms with E-state index in [9.17, 15) is 0 Å². The van der Waals surface area contributed by atoms with Crippen LogP contribution in [0.4, 0.5) is 0 Å². The van der Waals surface area contributed by atoms with Gasteiger partial charge in [0.05, 0.1) is 0 Å². The van der Waals surface area contributed by atoms with Gasteiger partial charge in [-0.3, -0.25) is 0 Å². The second kappa shape index (κ2) is 6.18. The molecule has 1 rings (SSSR count). The standard InChI is InChI=1S/C15H26N2/c1-12-5-6-14(11-13(12)2)7-9-17-10-8-15(3,4)16/h5-6,11,17H,7-10,16H2,1-4H3. The van der Waals surface area contributed by atoms with E-state index in [0.717, 1.165) is 25.9 Å². The van der Waals surface area contributed by atoms with E-state index >= 15 is 0 Å². The molecule has 0 unspecified atom stereocenters. The lowest BCUT2D eigenvalue weighted by atomic mass is 10.0. The van der Waals surface area contributed by atoms with Crippen molar-refractivity contribution in [3.05, 3.63) is 34.9 Å². The van der Waals surface area contributed by atoms with Gasteiger partial charge in [-0.2, -0.15) is 0 Å². The molecule has 0 radical (unpaired) electrons. The largest absolute Gasteiger partial charge is 0.326 e. The van der Waals surface area contributed by atoms with Crippen LogP contribution in [0.5, 0.6) is 0 Å². The van der Waals surface area contributed by atoms with Crippen LogP contribution in [0, 0.1) is 13.8 Å². The molecule has 96 valence electrons. The molecule has 2 heteroatoms. The lowest BCUT2D eigenvalue weighted by Gasteiger charge is -2.18. The van der Waals surface area contributed by atoms with Crippen molar-refractivity contribution in [2.75, 3.05) is 13.1 Å². The van der Waals surface area contributed by atoms with E-state index in [1.165, 1.54) is 16.7 Å². The number of hydrogen-bond donors (Lipinski definition) is 2. The molecule has 0 amide bonds. The first-order chi connectivity index (χ1) is 7.88. The van der Waals surface area contributed by atoms with Crippen molar-refractivity contribution in [2.24, 2.45) is 5.73 Å². The fourth-order valence-corrected chi connectivity index (χ4v) is 1.73. The van der Waals surface area contributed by atoms with Gasteiger partial charge < -0.3 is 11.1 Å². The summed E-state index contributed by atoms with van der Waals surface area (Å²) in [7, 11) is 0. The average Bonchev–Trinajstić information content (AvgIpc) is 2.21. The Morgan fingerprint density at radius 3 is 2.41 bits per heavy atom. The van der Waals surface area contributed by atoms with E-state index in [1.54, 1.807) is 0 Å². The zero-order chi connectivity index (χ0) is 12.9. The predicted molar refractivity (Wildman–Crippen MR) is 75.4 cm³/mol. The van der Waals surface area contributed by atoms with Gasteiger partial charge in [0.2, 0.25) is 0 Å². The Hall–Kier alpha value is -0.860. The summed E-state index contributed by atoms with van der Waals surface area (Å²) in [6.07, 6.45) is 2.10. The average molecular weight is 234 g/mol. The summed E-state index contributed by atoms with van der Waals surface area (Å²) in [5, 5.41) is 3.44. The van der Waals surface area contributed by atoms with E-state index < -0.39 is 0 Å². The van der Waals surface area contributed by atoms with E-state index in [0.29, 0.717) is 0 Å². The van der Waals surface area contributed by atoms with Crippen molar-refractivity contribution >= 4 is 0 Å². The Bertz CT molecular complexity index is 350. The molecule has 0 atom stereocenters. The monoisotopic (exact) mass is 234 g/mol.